The summed E-state index contributed by atoms with van der Waals surface area (Å²) in [4.78, 5) is 4.66. The molecule has 0 aliphatic carbocycles. The van der Waals surface area contributed by atoms with Crippen LogP contribution in [0, 0.1) is 6.92 Å². The summed E-state index contributed by atoms with van der Waals surface area (Å²) >= 11 is 0. The van der Waals surface area contributed by atoms with Crippen LogP contribution in [0.2, 0.25) is 0 Å². The zero-order valence-corrected chi connectivity index (χ0v) is 10.5. The molecule has 1 saturated heterocycles. The lowest BCUT2D eigenvalue weighted by Gasteiger charge is -2.32. The fourth-order valence-electron chi connectivity index (χ4n) is 2.16. The van der Waals surface area contributed by atoms with Gasteiger partial charge in [0.15, 0.2) is 0 Å². The first-order valence-corrected chi connectivity index (χ1v) is 5.92. The number of anilines is 2. The molecule has 0 spiro atoms. The van der Waals surface area contributed by atoms with Crippen LogP contribution in [0.25, 0.3) is 0 Å². The number of rotatable bonds is 2. The molecule has 16 heavy (non-hydrogen) atoms. The fourth-order valence-corrected chi connectivity index (χ4v) is 2.16. The highest BCUT2D eigenvalue weighted by molar-refractivity contribution is 5.72. The van der Waals surface area contributed by atoms with Crippen molar-refractivity contribution < 1.29 is 0 Å². The van der Waals surface area contributed by atoms with E-state index < -0.39 is 0 Å². The SMILES string of the molecule is Cc1ccc(N2CCNCC2)c(N(C)C)c1. The van der Waals surface area contributed by atoms with E-state index >= 15 is 0 Å². The number of aryl methyl sites for hydroxylation is 1. The zero-order valence-electron chi connectivity index (χ0n) is 10.5. The first kappa shape index (κ1) is 11.3. The maximum absolute atomic E-state index is 3.39. The van der Waals surface area contributed by atoms with E-state index in [0.29, 0.717) is 0 Å². The lowest BCUT2D eigenvalue weighted by molar-refractivity contribution is 0.589. The third kappa shape index (κ3) is 2.30. The van der Waals surface area contributed by atoms with Crippen LogP contribution in [0.1, 0.15) is 5.56 Å². The predicted molar refractivity (Wildman–Crippen MR) is 70.6 cm³/mol. The molecule has 1 aliphatic heterocycles. The van der Waals surface area contributed by atoms with Gasteiger partial charge in [0.1, 0.15) is 0 Å². The zero-order chi connectivity index (χ0) is 11.5. The van der Waals surface area contributed by atoms with Crippen molar-refractivity contribution >= 4 is 11.4 Å². The van der Waals surface area contributed by atoms with Crippen molar-refractivity contribution in [1.29, 1.82) is 0 Å². The lowest BCUT2D eigenvalue weighted by atomic mass is 10.1. The third-order valence-electron chi connectivity index (χ3n) is 3.07. The molecule has 0 aromatic heterocycles. The highest BCUT2D eigenvalue weighted by Gasteiger charge is 2.14. The maximum atomic E-state index is 3.39. The molecular weight excluding hydrogens is 198 g/mol. The van der Waals surface area contributed by atoms with Crippen molar-refractivity contribution in [3.8, 4) is 0 Å². The Morgan fingerprint density at radius 3 is 2.50 bits per heavy atom. The lowest BCUT2D eigenvalue weighted by Crippen LogP contribution is -2.44. The number of nitrogens with zero attached hydrogens (tertiary/aromatic N) is 2. The Balaban J connectivity index is 2.31. The molecule has 1 aromatic rings. The number of hydrogen-bond donors (Lipinski definition) is 1. The predicted octanol–water partition coefficient (Wildman–Crippen LogP) is 1.47. The van der Waals surface area contributed by atoms with E-state index in [2.05, 4.69) is 54.3 Å². The molecule has 0 radical (unpaired) electrons. The molecule has 0 bridgehead atoms. The number of hydrogen-bond acceptors (Lipinski definition) is 3. The van der Waals surface area contributed by atoms with Crippen molar-refractivity contribution in [2.45, 2.75) is 6.92 Å². The summed E-state index contributed by atoms with van der Waals surface area (Å²) in [6, 6.07) is 6.71. The van der Waals surface area contributed by atoms with Crippen molar-refractivity contribution in [1.82, 2.24) is 5.32 Å². The molecule has 3 heteroatoms. The van der Waals surface area contributed by atoms with E-state index in [1.807, 2.05) is 0 Å². The third-order valence-corrected chi connectivity index (χ3v) is 3.07. The summed E-state index contributed by atoms with van der Waals surface area (Å²) in [5.41, 5.74) is 4.00. The second kappa shape index (κ2) is 4.74. The van der Waals surface area contributed by atoms with Gasteiger partial charge in [0.2, 0.25) is 0 Å². The van der Waals surface area contributed by atoms with Crippen LogP contribution in [0.5, 0.6) is 0 Å². The average molecular weight is 219 g/mol. The van der Waals surface area contributed by atoms with Crippen molar-refractivity contribution in [3.63, 3.8) is 0 Å². The molecule has 1 N–H and O–H groups in total. The van der Waals surface area contributed by atoms with E-state index in [4.69, 9.17) is 0 Å². The molecule has 1 fully saturated rings. The summed E-state index contributed by atoms with van der Waals surface area (Å²) in [5.74, 6) is 0. The summed E-state index contributed by atoms with van der Waals surface area (Å²) in [5, 5.41) is 3.39. The molecule has 1 aliphatic rings. The largest absolute Gasteiger partial charge is 0.376 e. The molecule has 2 rings (SSSR count). The van der Waals surface area contributed by atoms with Gasteiger partial charge >= 0.3 is 0 Å². The van der Waals surface area contributed by atoms with Gasteiger partial charge in [0.25, 0.3) is 0 Å². The molecule has 3 nitrogen and oxygen atoms in total. The molecule has 0 atom stereocenters. The highest BCUT2D eigenvalue weighted by atomic mass is 15.2. The van der Waals surface area contributed by atoms with Crippen LogP contribution in [0.3, 0.4) is 0 Å². The Bertz CT molecular complexity index is 354. The average Bonchev–Trinajstić information content (AvgIpc) is 2.30. The minimum Gasteiger partial charge on any atom is -0.376 e. The first-order valence-electron chi connectivity index (χ1n) is 5.92. The molecule has 0 amide bonds. The summed E-state index contributed by atoms with van der Waals surface area (Å²) in [6.45, 7) is 6.52. The van der Waals surface area contributed by atoms with Gasteiger partial charge in [-0.3, -0.25) is 0 Å². The molecule has 0 unspecified atom stereocenters. The summed E-state index contributed by atoms with van der Waals surface area (Å²) in [6.07, 6.45) is 0. The van der Waals surface area contributed by atoms with E-state index in [0.717, 1.165) is 26.2 Å². The second-order valence-corrected chi connectivity index (χ2v) is 4.62. The van der Waals surface area contributed by atoms with E-state index in [9.17, 15) is 0 Å². The van der Waals surface area contributed by atoms with Gasteiger partial charge in [-0.1, -0.05) is 6.07 Å². The monoisotopic (exact) mass is 219 g/mol. The van der Waals surface area contributed by atoms with Crippen LogP contribution >= 0.6 is 0 Å². The minimum atomic E-state index is 1.08. The second-order valence-electron chi connectivity index (χ2n) is 4.62. The summed E-state index contributed by atoms with van der Waals surface area (Å²) in [7, 11) is 4.22. The van der Waals surface area contributed by atoms with Gasteiger partial charge in [-0.05, 0) is 24.6 Å². The van der Waals surface area contributed by atoms with Gasteiger partial charge < -0.3 is 15.1 Å². The van der Waals surface area contributed by atoms with Gasteiger partial charge in [0.05, 0.1) is 11.4 Å². The standard InChI is InChI=1S/C13H21N3/c1-11-4-5-12(13(10-11)15(2)3)16-8-6-14-7-9-16/h4-5,10,14H,6-9H2,1-3H3. The Morgan fingerprint density at radius 1 is 1.19 bits per heavy atom. The number of piperazine rings is 1. The molecule has 1 heterocycles. The van der Waals surface area contributed by atoms with Gasteiger partial charge in [0, 0.05) is 40.3 Å². The van der Waals surface area contributed by atoms with E-state index in [-0.39, 0.29) is 0 Å². The van der Waals surface area contributed by atoms with Crippen LogP contribution < -0.4 is 15.1 Å². The quantitative estimate of drug-likeness (QED) is 0.812. The smallest absolute Gasteiger partial charge is 0.0604 e. The molecule has 0 saturated carbocycles. The van der Waals surface area contributed by atoms with Gasteiger partial charge in [-0.2, -0.15) is 0 Å². The first-order chi connectivity index (χ1) is 7.68. The van der Waals surface area contributed by atoms with Crippen molar-refractivity contribution in [3.05, 3.63) is 23.8 Å². The molecule has 88 valence electrons. The van der Waals surface area contributed by atoms with E-state index in [1.165, 1.54) is 16.9 Å². The van der Waals surface area contributed by atoms with Gasteiger partial charge in [-0.25, -0.2) is 0 Å². The van der Waals surface area contributed by atoms with Crippen LogP contribution in [0.4, 0.5) is 11.4 Å². The van der Waals surface area contributed by atoms with Crippen molar-refractivity contribution in [2.75, 3.05) is 50.1 Å². The van der Waals surface area contributed by atoms with E-state index in [1.54, 1.807) is 0 Å². The molecular formula is C13H21N3. The Kier molecular flexibility index (Phi) is 3.34. The Morgan fingerprint density at radius 2 is 1.88 bits per heavy atom. The van der Waals surface area contributed by atoms with Crippen LogP contribution in [-0.2, 0) is 0 Å². The maximum Gasteiger partial charge on any atom is 0.0604 e. The molecule has 1 aromatic carbocycles. The Labute approximate surface area is 98.0 Å². The topological polar surface area (TPSA) is 18.5 Å². The van der Waals surface area contributed by atoms with Gasteiger partial charge in [-0.15, -0.1) is 0 Å². The fraction of sp³-hybridized carbons (Fsp3) is 0.538. The minimum absolute atomic E-state index is 1.08. The number of nitrogens with one attached hydrogen (secondary N) is 1. The normalized spacial score (nSPS) is 16.3. The highest BCUT2D eigenvalue weighted by Crippen LogP contribution is 2.29. The summed E-state index contributed by atoms with van der Waals surface area (Å²) < 4.78 is 0. The Hall–Kier alpha value is -1.22. The van der Waals surface area contributed by atoms with Crippen LogP contribution in [-0.4, -0.2) is 40.3 Å². The van der Waals surface area contributed by atoms with Crippen molar-refractivity contribution in [2.24, 2.45) is 0 Å². The number of benzene rings is 1. The van der Waals surface area contributed by atoms with Crippen LogP contribution in [0.15, 0.2) is 18.2 Å².